The Kier molecular flexibility index (Phi) is 6.81. The summed E-state index contributed by atoms with van der Waals surface area (Å²) in [5.41, 5.74) is 1.80. The molecule has 0 spiro atoms. The fourth-order valence-electron chi connectivity index (χ4n) is 4.31. The summed E-state index contributed by atoms with van der Waals surface area (Å²) in [5, 5.41) is 5.65. The summed E-state index contributed by atoms with van der Waals surface area (Å²) in [4.78, 5) is 24.9. The SMILES string of the molecule is COc1ccccc1CNC(=O)C1CCCN(S(=O)(=O)c2cc3c(cc2C)NC(=O)C(C)O3)C1. The van der Waals surface area contributed by atoms with Crippen LogP contribution in [0.1, 0.15) is 30.9 Å². The molecule has 2 heterocycles. The highest BCUT2D eigenvalue weighted by atomic mass is 32.2. The number of anilines is 1. The smallest absolute Gasteiger partial charge is 0.265 e. The zero-order valence-corrected chi connectivity index (χ0v) is 20.3. The molecule has 0 radical (unpaired) electrons. The van der Waals surface area contributed by atoms with E-state index < -0.39 is 22.0 Å². The minimum absolute atomic E-state index is 0.102. The van der Waals surface area contributed by atoms with E-state index >= 15 is 0 Å². The Morgan fingerprint density at radius 2 is 2.06 bits per heavy atom. The molecule has 182 valence electrons. The van der Waals surface area contributed by atoms with E-state index in [4.69, 9.17) is 9.47 Å². The Labute approximate surface area is 199 Å². The van der Waals surface area contributed by atoms with E-state index in [0.717, 1.165) is 5.56 Å². The van der Waals surface area contributed by atoms with Crippen molar-refractivity contribution in [2.45, 2.75) is 44.2 Å². The van der Waals surface area contributed by atoms with E-state index in [9.17, 15) is 18.0 Å². The van der Waals surface area contributed by atoms with Gasteiger partial charge in [-0.15, -0.1) is 0 Å². The molecular weight excluding hydrogens is 458 g/mol. The summed E-state index contributed by atoms with van der Waals surface area (Å²) in [6.45, 7) is 4.02. The van der Waals surface area contributed by atoms with Crippen molar-refractivity contribution >= 4 is 27.5 Å². The number of aryl methyl sites for hydroxylation is 1. The molecule has 34 heavy (non-hydrogen) atoms. The van der Waals surface area contributed by atoms with Gasteiger partial charge in [-0.05, 0) is 44.4 Å². The predicted molar refractivity (Wildman–Crippen MR) is 126 cm³/mol. The van der Waals surface area contributed by atoms with Crippen molar-refractivity contribution in [3.8, 4) is 11.5 Å². The third-order valence-electron chi connectivity index (χ3n) is 6.23. The number of nitrogens with zero attached hydrogens (tertiary/aromatic N) is 1. The maximum absolute atomic E-state index is 13.5. The molecule has 1 fully saturated rings. The van der Waals surface area contributed by atoms with Crippen molar-refractivity contribution in [1.29, 1.82) is 0 Å². The lowest BCUT2D eigenvalue weighted by molar-refractivity contribution is -0.126. The highest BCUT2D eigenvalue weighted by Crippen LogP contribution is 2.36. The second-order valence-corrected chi connectivity index (χ2v) is 10.5. The Hall–Kier alpha value is -3.11. The van der Waals surface area contributed by atoms with Gasteiger partial charge in [0.25, 0.3) is 5.91 Å². The summed E-state index contributed by atoms with van der Waals surface area (Å²) >= 11 is 0. The van der Waals surface area contributed by atoms with Crippen molar-refractivity contribution in [3.05, 3.63) is 47.5 Å². The zero-order chi connectivity index (χ0) is 24.5. The van der Waals surface area contributed by atoms with E-state index in [0.29, 0.717) is 48.7 Å². The van der Waals surface area contributed by atoms with Crippen molar-refractivity contribution in [3.63, 3.8) is 0 Å². The number of ether oxygens (including phenoxy) is 2. The third kappa shape index (κ3) is 4.74. The van der Waals surface area contributed by atoms with Crippen LogP contribution in [-0.2, 0) is 26.2 Å². The lowest BCUT2D eigenvalue weighted by Gasteiger charge is -2.32. The van der Waals surface area contributed by atoms with Gasteiger partial charge in [0.15, 0.2) is 6.10 Å². The molecule has 2 N–H and O–H groups in total. The van der Waals surface area contributed by atoms with E-state index in [2.05, 4.69) is 10.6 Å². The lowest BCUT2D eigenvalue weighted by atomic mass is 9.98. The van der Waals surface area contributed by atoms with Gasteiger partial charge in [0.1, 0.15) is 11.5 Å². The van der Waals surface area contributed by atoms with Crippen LogP contribution in [0.4, 0.5) is 5.69 Å². The quantitative estimate of drug-likeness (QED) is 0.647. The molecular formula is C24H29N3O6S. The number of amides is 2. The number of rotatable bonds is 6. The van der Waals surface area contributed by atoms with Gasteiger partial charge in [0.05, 0.1) is 23.6 Å². The lowest BCUT2D eigenvalue weighted by Crippen LogP contribution is -2.45. The fourth-order valence-corrected chi connectivity index (χ4v) is 6.06. The maximum Gasteiger partial charge on any atom is 0.265 e. The van der Waals surface area contributed by atoms with Gasteiger partial charge in [-0.3, -0.25) is 9.59 Å². The van der Waals surface area contributed by atoms with Gasteiger partial charge in [0.2, 0.25) is 15.9 Å². The molecule has 2 aliphatic rings. The molecule has 10 heteroatoms. The van der Waals surface area contributed by atoms with Crippen molar-refractivity contribution in [1.82, 2.24) is 9.62 Å². The molecule has 2 atom stereocenters. The number of benzene rings is 2. The second kappa shape index (κ2) is 9.63. The fraction of sp³-hybridized carbons (Fsp3) is 0.417. The van der Waals surface area contributed by atoms with Crippen LogP contribution < -0.4 is 20.1 Å². The number of para-hydroxylation sites is 1. The zero-order valence-electron chi connectivity index (χ0n) is 19.5. The normalized spacial score (nSPS) is 20.6. The van der Waals surface area contributed by atoms with Crippen LogP contribution >= 0.6 is 0 Å². The van der Waals surface area contributed by atoms with Crippen LogP contribution in [0.2, 0.25) is 0 Å². The van der Waals surface area contributed by atoms with Crippen LogP contribution in [0.5, 0.6) is 11.5 Å². The van der Waals surface area contributed by atoms with Gasteiger partial charge < -0.3 is 20.1 Å². The largest absolute Gasteiger partial charge is 0.496 e. The van der Waals surface area contributed by atoms with E-state index in [-0.39, 0.29) is 23.3 Å². The Morgan fingerprint density at radius 1 is 1.29 bits per heavy atom. The second-order valence-electron chi connectivity index (χ2n) is 8.60. The van der Waals surface area contributed by atoms with Gasteiger partial charge in [-0.1, -0.05) is 18.2 Å². The summed E-state index contributed by atoms with van der Waals surface area (Å²) in [7, 11) is -2.28. The average molecular weight is 488 g/mol. The number of hydrogen-bond acceptors (Lipinski definition) is 6. The number of methoxy groups -OCH3 is 1. The molecule has 2 aliphatic heterocycles. The molecule has 1 saturated heterocycles. The molecule has 2 unspecified atom stereocenters. The summed E-state index contributed by atoms with van der Waals surface area (Å²) in [5.74, 6) is 0.0886. The number of sulfonamides is 1. The van der Waals surface area contributed by atoms with Gasteiger partial charge >= 0.3 is 0 Å². The molecule has 0 bridgehead atoms. The summed E-state index contributed by atoms with van der Waals surface area (Å²) < 4.78 is 39.3. The summed E-state index contributed by atoms with van der Waals surface area (Å²) in [6, 6.07) is 10.5. The Bertz CT molecular complexity index is 1210. The monoisotopic (exact) mass is 487 g/mol. The van der Waals surface area contributed by atoms with Crippen LogP contribution in [0.3, 0.4) is 0 Å². The number of carbonyl (C=O) groups is 2. The van der Waals surface area contributed by atoms with Crippen molar-refractivity contribution in [2.24, 2.45) is 5.92 Å². The minimum atomic E-state index is -3.86. The first-order valence-corrected chi connectivity index (χ1v) is 12.7. The first kappa shape index (κ1) is 24.0. The van der Waals surface area contributed by atoms with Crippen molar-refractivity contribution in [2.75, 3.05) is 25.5 Å². The van der Waals surface area contributed by atoms with E-state index in [1.807, 2.05) is 24.3 Å². The molecule has 0 aromatic heterocycles. The third-order valence-corrected chi connectivity index (χ3v) is 8.23. The number of carbonyl (C=O) groups excluding carboxylic acids is 2. The molecule has 2 aromatic rings. The molecule has 2 amide bonds. The molecule has 0 aliphatic carbocycles. The van der Waals surface area contributed by atoms with Gasteiger partial charge in [-0.2, -0.15) is 4.31 Å². The molecule has 4 rings (SSSR count). The minimum Gasteiger partial charge on any atom is -0.496 e. The first-order chi connectivity index (χ1) is 16.2. The van der Waals surface area contributed by atoms with Crippen LogP contribution in [0.15, 0.2) is 41.3 Å². The topological polar surface area (TPSA) is 114 Å². The average Bonchev–Trinajstić information content (AvgIpc) is 2.83. The molecule has 2 aromatic carbocycles. The maximum atomic E-state index is 13.5. The Morgan fingerprint density at radius 3 is 2.82 bits per heavy atom. The molecule has 0 saturated carbocycles. The highest BCUT2D eigenvalue weighted by Gasteiger charge is 2.35. The van der Waals surface area contributed by atoms with Crippen molar-refractivity contribution < 1.29 is 27.5 Å². The van der Waals surface area contributed by atoms with E-state index in [1.54, 1.807) is 27.0 Å². The van der Waals surface area contributed by atoms with Crippen LogP contribution in [-0.4, -0.2) is 50.8 Å². The first-order valence-electron chi connectivity index (χ1n) is 11.2. The highest BCUT2D eigenvalue weighted by molar-refractivity contribution is 7.89. The Balaban J connectivity index is 1.48. The van der Waals surface area contributed by atoms with Gasteiger partial charge in [0, 0.05) is 31.3 Å². The van der Waals surface area contributed by atoms with Gasteiger partial charge in [-0.25, -0.2) is 8.42 Å². The number of fused-ring (bicyclic) bond motifs is 1. The number of hydrogen-bond donors (Lipinski definition) is 2. The predicted octanol–water partition coefficient (Wildman–Crippen LogP) is 2.44. The standard InChI is InChI=1S/C24H29N3O6S/c1-15-11-19-21(33-16(2)23(28)26-19)12-22(15)34(30,31)27-10-6-8-18(14-27)24(29)25-13-17-7-4-5-9-20(17)32-3/h4-5,7,9,11-12,16,18H,6,8,10,13-14H2,1-3H3,(H,25,29)(H,26,28). The number of nitrogens with one attached hydrogen (secondary N) is 2. The number of piperidine rings is 1. The van der Waals surface area contributed by atoms with Crippen LogP contribution in [0, 0.1) is 12.8 Å². The summed E-state index contributed by atoms with van der Waals surface area (Å²) in [6.07, 6.45) is 0.483. The molecule has 9 nitrogen and oxygen atoms in total. The van der Waals surface area contributed by atoms with Crippen LogP contribution in [0.25, 0.3) is 0 Å². The van der Waals surface area contributed by atoms with E-state index in [1.165, 1.54) is 10.4 Å².